The first-order valence-corrected chi connectivity index (χ1v) is 10.4. The highest BCUT2D eigenvalue weighted by Crippen LogP contribution is 2.32. The molecule has 1 N–H and O–H groups in total. The van der Waals surface area contributed by atoms with Gasteiger partial charge in [0.15, 0.2) is 0 Å². The molecule has 7 heteroatoms. The molecule has 1 aliphatic rings. The number of sulfonamides is 1. The minimum Gasteiger partial charge on any atom is -0.324 e. The van der Waals surface area contributed by atoms with E-state index < -0.39 is 10.0 Å². The van der Waals surface area contributed by atoms with Crippen molar-refractivity contribution in [2.75, 3.05) is 22.4 Å². The van der Waals surface area contributed by atoms with E-state index in [1.807, 2.05) is 53.4 Å². The molecule has 2 aromatic carbocycles. The molecule has 0 saturated heterocycles. The fourth-order valence-corrected chi connectivity index (χ4v) is 4.24. The van der Waals surface area contributed by atoms with E-state index in [1.165, 1.54) is 10.6 Å². The molecule has 6 nitrogen and oxygen atoms in total. The van der Waals surface area contributed by atoms with Crippen molar-refractivity contribution in [1.82, 2.24) is 4.57 Å². The van der Waals surface area contributed by atoms with Crippen molar-refractivity contribution < 1.29 is 13.2 Å². The SMILES string of the molecule is CS(=O)(=O)N1CCc2ccc(NC(=O)c3cccc(-n4cccc4)c3)cc21. The van der Waals surface area contributed by atoms with Crippen molar-refractivity contribution in [3.05, 3.63) is 78.1 Å². The second-order valence-corrected chi connectivity index (χ2v) is 8.43. The monoisotopic (exact) mass is 381 g/mol. The Kier molecular flexibility index (Phi) is 4.24. The number of nitrogens with zero attached hydrogens (tertiary/aromatic N) is 2. The summed E-state index contributed by atoms with van der Waals surface area (Å²) in [5.41, 5.74) is 3.59. The van der Waals surface area contributed by atoms with Gasteiger partial charge in [0.05, 0.1) is 11.9 Å². The summed E-state index contributed by atoms with van der Waals surface area (Å²) in [6.07, 6.45) is 5.70. The van der Waals surface area contributed by atoms with Crippen LogP contribution in [-0.2, 0) is 16.4 Å². The van der Waals surface area contributed by atoms with Crippen molar-refractivity contribution in [2.24, 2.45) is 0 Å². The molecular weight excluding hydrogens is 362 g/mol. The Bertz CT molecular complexity index is 1110. The minimum absolute atomic E-state index is 0.243. The standard InChI is InChI=1S/C20H19N3O3S/c1-27(25,26)23-12-9-15-7-8-17(14-19(15)23)21-20(24)16-5-4-6-18(13-16)22-10-2-3-11-22/h2-8,10-11,13-14H,9,12H2,1H3,(H,21,24). The lowest BCUT2D eigenvalue weighted by molar-refractivity contribution is 0.102. The lowest BCUT2D eigenvalue weighted by atomic mass is 10.1. The predicted octanol–water partition coefficient (Wildman–Crippen LogP) is 3.05. The fourth-order valence-electron chi connectivity index (χ4n) is 3.29. The Morgan fingerprint density at radius 2 is 1.81 bits per heavy atom. The Hall–Kier alpha value is -3.06. The molecule has 0 saturated carbocycles. The van der Waals surface area contributed by atoms with E-state index in [0.29, 0.717) is 29.9 Å². The molecule has 0 fully saturated rings. The van der Waals surface area contributed by atoms with E-state index in [0.717, 1.165) is 11.3 Å². The van der Waals surface area contributed by atoms with Crippen LogP contribution in [0, 0.1) is 0 Å². The Morgan fingerprint density at radius 3 is 2.56 bits per heavy atom. The number of aromatic nitrogens is 1. The number of amides is 1. The van der Waals surface area contributed by atoms with Crippen LogP contribution in [0.25, 0.3) is 5.69 Å². The van der Waals surface area contributed by atoms with E-state index in [4.69, 9.17) is 0 Å². The first-order valence-electron chi connectivity index (χ1n) is 8.57. The number of carbonyl (C=O) groups is 1. The number of anilines is 2. The molecule has 27 heavy (non-hydrogen) atoms. The van der Waals surface area contributed by atoms with E-state index in [9.17, 15) is 13.2 Å². The van der Waals surface area contributed by atoms with Crippen LogP contribution in [0.2, 0.25) is 0 Å². The molecule has 1 amide bonds. The lowest BCUT2D eigenvalue weighted by Gasteiger charge is -2.17. The Labute approximate surface area is 158 Å². The zero-order valence-electron chi connectivity index (χ0n) is 14.8. The van der Waals surface area contributed by atoms with Crippen LogP contribution < -0.4 is 9.62 Å². The highest BCUT2D eigenvalue weighted by atomic mass is 32.2. The van der Waals surface area contributed by atoms with Crippen molar-refractivity contribution in [3.63, 3.8) is 0 Å². The van der Waals surface area contributed by atoms with E-state index >= 15 is 0 Å². The van der Waals surface area contributed by atoms with E-state index in [-0.39, 0.29) is 5.91 Å². The zero-order chi connectivity index (χ0) is 19.0. The van der Waals surface area contributed by atoms with E-state index in [1.54, 1.807) is 18.2 Å². The number of hydrogen-bond acceptors (Lipinski definition) is 3. The molecule has 0 spiro atoms. The fraction of sp³-hybridized carbons (Fsp3) is 0.150. The molecule has 3 aromatic rings. The summed E-state index contributed by atoms with van der Waals surface area (Å²) in [5, 5.41) is 2.86. The Balaban J connectivity index is 1.59. The number of rotatable bonds is 4. The largest absolute Gasteiger partial charge is 0.324 e. The molecule has 0 aliphatic carbocycles. The number of nitrogens with one attached hydrogen (secondary N) is 1. The van der Waals surface area contributed by atoms with Gasteiger partial charge < -0.3 is 9.88 Å². The van der Waals surface area contributed by atoms with Gasteiger partial charge in [-0.2, -0.15) is 0 Å². The third-order valence-electron chi connectivity index (χ3n) is 4.61. The molecular formula is C20H19N3O3S. The molecule has 0 bridgehead atoms. The summed E-state index contributed by atoms with van der Waals surface area (Å²) in [4.78, 5) is 12.7. The summed E-state index contributed by atoms with van der Waals surface area (Å²) in [6, 6.07) is 16.6. The van der Waals surface area contributed by atoms with Crippen LogP contribution in [0.3, 0.4) is 0 Å². The summed E-state index contributed by atoms with van der Waals surface area (Å²) < 4.78 is 27.2. The highest BCUT2D eigenvalue weighted by Gasteiger charge is 2.26. The summed E-state index contributed by atoms with van der Waals surface area (Å²) in [5.74, 6) is -0.243. The van der Waals surface area contributed by atoms with Crippen molar-refractivity contribution in [1.29, 1.82) is 0 Å². The molecule has 1 aliphatic heterocycles. The molecule has 1 aromatic heterocycles. The summed E-state index contributed by atoms with van der Waals surface area (Å²) in [7, 11) is -3.33. The number of fused-ring (bicyclic) bond motifs is 1. The van der Waals surface area contributed by atoms with Crippen LogP contribution in [0.1, 0.15) is 15.9 Å². The van der Waals surface area contributed by atoms with Gasteiger partial charge in [-0.05, 0) is 54.4 Å². The van der Waals surface area contributed by atoms with E-state index in [2.05, 4.69) is 5.32 Å². The third-order valence-corrected chi connectivity index (χ3v) is 5.79. The minimum atomic E-state index is -3.33. The van der Waals surface area contributed by atoms with Crippen LogP contribution in [0.4, 0.5) is 11.4 Å². The molecule has 0 unspecified atom stereocenters. The maximum absolute atomic E-state index is 12.7. The van der Waals surface area contributed by atoms with Gasteiger partial charge in [0, 0.05) is 35.9 Å². The Morgan fingerprint density at radius 1 is 1.04 bits per heavy atom. The quantitative estimate of drug-likeness (QED) is 0.755. The van der Waals surface area contributed by atoms with Crippen LogP contribution in [0.5, 0.6) is 0 Å². The van der Waals surface area contributed by atoms with Gasteiger partial charge in [0.2, 0.25) is 10.0 Å². The first kappa shape index (κ1) is 17.4. The first-order chi connectivity index (χ1) is 12.9. The van der Waals surface area contributed by atoms with Crippen molar-refractivity contribution >= 4 is 27.3 Å². The maximum Gasteiger partial charge on any atom is 0.255 e. The molecule has 2 heterocycles. The van der Waals surface area contributed by atoms with Crippen molar-refractivity contribution in [3.8, 4) is 5.69 Å². The van der Waals surface area contributed by atoms with Crippen molar-refractivity contribution in [2.45, 2.75) is 6.42 Å². The molecule has 4 rings (SSSR count). The average Bonchev–Trinajstić information content (AvgIpc) is 3.31. The third kappa shape index (κ3) is 3.46. The number of hydrogen-bond donors (Lipinski definition) is 1. The number of carbonyl (C=O) groups excluding carboxylic acids is 1. The van der Waals surface area contributed by atoms with Crippen LogP contribution in [0.15, 0.2) is 67.0 Å². The zero-order valence-corrected chi connectivity index (χ0v) is 15.6. The molecule has 138 valence electrons. The van der Waals surface area contributed by atoms with Gasteiger partial charge in [-0.1, -0.05) is 12.1 Å². The second kappa shape index (κ2) is 6.59. The van der Waals surface area contributed by atoms with Gasteiger partial charge in [-0.25, -0.2) is 8.42 Å². The molecule has 0 atom stereocenters. The number of benzene rings is 2. The van der Waals surface area contributed by atoms with Gasteiger partial charge in [0.25, 0.3) is 5.91 Å². The van der Waals surface area contributed by atoms with Gasteiger partial charge in [-0.3, -0.25) is 9.10 Å². The van der Waals surface area contributed by atoms with Gasteiger partial charge >= 0.3 is 0 Å². The summed E-state index contributed by atoms with van der Waals surface area (Å²) >= 11 is 0. The average molecular weight is 381 g/mol. The van der Waals surface area contributed by atoms with Gasteiger partial charge in [-0.15, -0.1) is 0 Å². The van der Waals surface area contributed by atoms with Gasteiger partial charge in [0.1, 0.15) is 0 Å². The highest BCUT2D eigenvalue weighted by molar-refractivity contribution is 7.92. The second-order valence-electron chi connectivity index (χ2n) is 6.52. The topological polar surface area (TPSA) is 71.4 Å². The normalized spacial score (nSPS) is 13.4. The van der Waals surface area contributed by atoms with Crippen LogP contribution in [-0.4, -0.2) is 31.7 Å². The lowest BCUT2D eigenvalue weighted by Crippen LogP contribution is -2.27. The maximum atomic E-state index is 12.7. The summed E-state index contributed by atoms with van der Waals surface area (Å²) in [6.45, 7) is 0.435. The smallest absolute Gasteiger partial charge is 0.255 e. The molecule has 0 radical (unpaired) electrons. The predicted molar refractivity (Wildman–Crippen MR) is 106 cm³/mol. The van der Waals surface area contributed by atoms with Crippen LogP contribution >= 0.6 is 0 Å².